The van der Waals surface area contributed by atoms with E-state index in [0.29, 0.717) is 6.42 Å². The molecule has 6 nitrogen and oxygen atoms in total. The summed E-state index contributed by atoms with van der Waals surface area (Å²) < 4.78 is 1.78. The van der Waals surface area contributed by atoms with E-state index in [-0.39, 0.29) is 19.1 Å². The average molecular weight is 291 g/mol. The van der Waals surface area contributed by atoms with Gasteiger partial charge in [0.05, 0.1) is 36.1 Å². The number of amides is 1. The van der Waals surface area contributed by atoms with Gasteiger partial charge in [-0.25, -0.2) is 4.98 Å². The summed E-state index contributed by atoms with van der Waals surface area (Å²) in [5.41, 5.74) is 0.709. The summed E-state index contributed by atoms with van der Waals surface area (Å²) in [6, 6.07) is 7.08. The quantitative estimate of drug-likeness (QED) is 0.736. The first kappa shape index (κ1) is 15.5. The first-order valence-electron chi connectivity index (χ1n) is 7.02. The van der Waals surface area contributed by atoms with E-state index in [1.54, 1.807) is 17.8 Å². The van der Waals surface area contributed by atoms with E-state index in [1.165, 1.54) is 0 Å². The van der Waals surface area contributed by atoms with Gasteiger partial charge in [0.15, 0.2) is 0 Å². The Morgan fingerprint density at radius 2 is 2.05 bits per heavy atom. The van der Waals surface area contributed by atoms with Crippen molar-refractivity contribution in [1.82, 2.24) is 14.9 Å². The summed E-state index contributed by atoms with van der Waals surface area (Å²) in [5.74, 6) is -0.261. The van der Waals surface area contributed by atoms with Gasteiger partial charge < -0.3 is 20.1 Å². The number of nitrogens with one attached hydrogen (secondary N) is 1. The maximum atomic E-state index is 12.4. The van der Waals surface area contributed by atoms with Gasteiger partial charge in [0.2, 0.25) is 5.91 Å². The van der Waals surface area contributed by atoms with Crippen LogP contribution in [0.2, 0.25) is 0 Å². The summed E-state index contributed by atoms with van der Waals surface area (Å²) >= 11 is 0. The number of carbonyl (C=O) groups is 1. The number of rotatable bonds is 6. The third kappa shape index (κ3) is 2.91. The average Bonchev–Trinajstić information content (AvgIpc) is 2.96. The Balaban J connectivity index is 2.23. The van der Waals surface area contributed by atoms with Crippen LogP contribution in [0.25, 0.3) is 11.0 Å². The van der Waals surface area contributed by atoms with Gasteiger partial charge in [-0.2, -0.15) is 0 Å². The minimum atomic E-state index is -0.984. The number of para-hydroxylation sites is 2. The van der Waals surface area contributed by atoms with E-state index in [0.717, 1.165) is 11.0 Å². The molecule has 2 aromatic rings. The molecular weight excluding hydrogens is 270 g/mol. The van der Waals surface area contributed by atoms with Crippen molar-refractivity contribution in [2.45, 2.75) is 31.8 Å². The molecular formula is C15H21N3O3. The molecule has 0 bridgehead atoms. The molecule has 0 saturated heterocycles. The number of hydrogen-bond donors (Lipinski definition) is 3. The summed E-state index contributed by atoms with van der Waals surface area (Å²) in [6.45, 7) is 2.97. The van der Waals surface area contributed by atoms with Crippen molar-refractivity contribution >= 4 is 16.9 Å². The smallest absolute Gasteiger partial charge is 0.243 e. The third-order valence-corrected chi connectivity index (χ3v) is 3.95. The fourth-order valence-corrected chi connectivity index (χ4v) is 2.22. The van der Waals surface area contributed by atoms with Crippen molar-refractivity contribution in [3.63, 3.8) is 0 Å². The maximum absolute atomic E-state index is 12.4. The Labute approximate surface area is 123 Å². The molecule has 1 aromatic carbocycles. The second-order valence-electron chi connectivity index (χ2n) is 5.26. The number of carbonyl (C=O) groups excluding carboxylic acids is 1. The minimum Gasteiger partial charge on any atom is -0.394 e. The Bertz CT molecular complexity index is 611. The fraction of sp³-hybridized carbons (Fsp3) is 0.467. The molecule has 0 radical (unpaired) electrons. The van der Waals surface area contributed by atoms with Crippen LogP contribution in [0.5, 0.6) is 0 Å². The summed E-state index contributed by atoms with van der Waals surface area (Å²) in [7, 11) is 0. The lowest BCUT2D eigenvalue weighted by molar-refractivity contribution is -0.127. The molecule has 0 spiro atoms. The van der Waals surface area contributed by atoms with Crippen LogP contribution in [0.3, 0.4) is 0 Å². The molecule has 0 aliphatic rings. The van der Waals surface area contributed by atoms with Crippen LogP contribution in [0.4, 0.5) is 0 Å². The molecule has 21 heavy (non-hydrogen) atoms. The molecule has 2 rings (SSSR count). The van der Waals surface area contributed by atoms with E-state index in [1.807, 2.05) is 31.2 Å². The highest BCUT2D eigenvalue weighted by atomic mass is 16.3. The minimum absolute atomic E-state index is 0.261. The van der Waals surface area contributed by atoms with Gasteiger partial charge in [-0.3, -0.25) is 4.79 Å². The predicted molar refractivity (Wildman–Crippen MR) is 79.8 cm³/mol. The Morgan fingerprint density at radius 1 is 1.38 bits per heavy atom. The van der Waals surface area contributed by atoms with Gasteiger partial charge >= 0.3 is 0 Å². The highest BCUT2D eigenvalue weighted by molar-refractivity contribution is 5.84. The lowest BCUT2D eigenvalue weighted by atomic mass is 9.98. The Kier molecular flexibility index (Phi) is 4.59. The number of nitrogens with zero attached hydrogens (tertiary/aromatic N) is 2. The first-order chi connectivity index (χ1) is 10.1. The van der Waals surface area contributed by atoms with Crippen molar-refractivity contribution in [2.24, 2.45) is 0 Å². The fourth-order valence-electron chi connectivity index (χ4n) is 2.22. The zero-order chi connectivity index (χ0) is 15.5. The lowest BCUT2D eigenvalue weighted by Crippen LogP contribution is -2.55. The topological polar surface area (TPSA) is 87.4 Å². The standard InChI is InChI=1S/C15H21N3O3/c1-3-15(8-19,9-20)17-14(21)11(2)18-10-16-12-6-4-5-7-13(12)18/h4-7,10-11,19-20H,3,8-9H2,1-2H3,(H,17,21). The molecule has 6 heteroatoms. The molecule has 1 amide bonds. The number of aromatic nitrogens is 2. The van der Waals surface area contributed by atoms with Crippen LogP contribution in [0, 0.1) is 0 Å². The van der Waals surface area contributed by atoms with Crippen molar-refractivity contribution in [2.75, 3.05) is 13.2 Å². The van der Waals surface area contributed by atoms with Crippen LogP contribution in [-0.4, -0.2) is 44.4 Å². The summed E-state index contributed by atoms with van der Waals surface area (Å²) in [4.78, 5) is 16.7. The lowest BCUT2D eigenvalue weighted by Gasteiger charge is -2.31. The van der Waals surface area contributed by atoms with Crippen LogP contribution in [-0.2, 0) is 4.79 Å². The molecule has 0 aliphatic carbocycles. The second kappa shape index (κ2) is 6.24. The molecule has 3 N–H and O–H groups in total. The third-order valence-electron chi connectivity index (χ3n) is 3.95. The van der Waals surface area contributed by atoms with E-state index in [2.05, 4.69) is 10.3 Å². The number of imidazole rings is 1. The normalized spacial score (nSPS) is 13.3. The van der Waals surface area contributed by atoms with Gasteiger partial charge in [-0.05, 0) is 25.5 Å². The van der Waals surface area contributed by atoms with E-state index in [9.17, 15) is 15.0 Å². The monoisotopic (exact) mass is 291 g/mol. The molecule has 0 aliphatic heterocycles. The van der Waals surface area contributed by atoms with Gasteiger partial charge in [-0.1, -0.05) is 19.1 Å². The van der Waals surface area contributed by atoms with Crippen LogP contribution < -0.4 is 5.32 Å². The van der Waals surface area contributed by atoms with Crippen molar-refractivity contribution < 1.29 is 15.0 Å². The SMILES string of the molecule is CCC(CO)(CO)NC(=O)C(C)n1cnc2ccccc21. The zero-order valence-corrected chi connectivity index (χ0v) is 12.3. The molecule has 0 saturated carbocycles. The number of benzene rings is 1. The van der Waals surface area contributed by atoms with Gasteiger partial charge in [-0.15, -0.1) is 0 Å². The highest BCUT2D eigenvalue weighted by Crippen LogP contribution is 2.18. The van der Waals surface area contributed by atoms with Crippen molar-refractivity contribution in [3.05, 3.63) is 30.6 Å². The number of hydrogen-bond acceptors (Lipinski definition) is 4. The Morgan fingerprint density at radius 3 is 2.67 bits per heavy atom. The zero-order valence-electron chi connectivity index (χ0n) is 12.3. The number of aliphatic hydroxyl groups is 2. The molecule has 1 atom stereocenters. The van der Waals surface area contributed by atoms with Gasteiger partial charge in [0.1, 0.15) is 6.04 Å². The molecule has 0 fully saturated rings. The van der Waals surface area contributed by atoms with Crippen molar-refractivity contribution in [3.8, 4) is 0 Å². The molecule has 1 aromatic heterocycles. The largest absolute Gasteiger partial charge is 0.394 e. The predicted octanol–water partition coefficient (Wildman–Crippen LogP) is 0.847. The molecule has 1 unspecified atom stereocenters. The maximum Gasteiger partial charge on any atom is 0.243 e. The van der Waals surface area contributed by atoms with Gasteiger partial charge in [0.25, 0.3) is 0 Å². The Hall–Kier alpha value is -1.92. The summed E-state index contributed by atoms with van der Waals surface area (Å²) in [5, 5.41) is 21.6. The van der Waals surface area contributed by atoms with E-state index in [4.69, 9.17) is 0 Å². The van der Waals surface area contributed by atoms with Crippen LogP contribution in [0.1, 0.15) is 26.3 Å². The number of fused-ring (bicyclic) bond motifs is 1. The van der Waals surface area contributed by atoms with E-state index >= 15 is 0 Å². The first-order valence-corrected chi connectivity index (χ1v) is 7.02. The molecule has 114 valence electrons. The van der Waals surface area contributed by atoms with Crippen LogP contribution >= 0.6 is 0 Å². The highest BCUT2D eigenvalue weighted by Gasteiger charge is 2.31. The molecule has 1 heterocycles. The van der Waals surface area contributed by atoms with Crippen molar-refractivity contribution in [1.29, 1.82) is 0 Å². The number of aliphatic hydroxyl groups excluding tert-OH is 2. The summed E-state index contributed by atoms with van der Waals surface area (Å²) in [6.07, 6.45) is 2.07. The van der Waals surface area contributed by atoms with E-state index < -0.39 is 11.6 Å². The van der Waals surface area contributed by atoms with Gasteiger partial charge in [0, 0.05) is 0 Å². The second-order valence-corrected chi connectivity index (χ2v) is 5.26. The van der Waals surface area contributed by atoms with Crippen LogP contribution in [0.15, 0.2) is 30.6 Å².